The Morgan fingerprint density at radius 3 is 1.22 bits per heavy atom. The number of ketones is 4. The van der Waals surface area contributed by atoms with E-state index in [1.54, 1.807) is 0 Å². The number of nitro groups is 2. The maximum absolute atomic E-state index is 12.6. The smallest absolute Gasteiger partial charge is 0.269 e. The van der Waals surface area contributed by atoms with Crippen LogP contribution in [-0.2, 0) is 28.8 Å². The molecule has 0 spiro atoms. The summed E-state index contributed by atoms with van der Waals surface area (Å²) in [5.74, 6) is -1.28. The molecule has 2 amide bonds. The maximum atomic E-state index is 12.6. The minimum absolute atomic E-state index is 0.0628. The third kappa shape index (κ3) is 8.52. The second-order valence-corrected chi connectivity index (χ2v) is 11.6. The van der Waals surface area contributed by atoms with E-state index >= 15 is 0 Å². The van der Waals surface area contributed by atoms with Crippen LogP contribution in [0, 0.1) is 31.1 Å². The summed E-state index contributed by atoms with van der Waals surface area (Å²) in [5.41, 5.74) is -1.69. The Kier molecular flexibility index (Phi) is 11.7. The van der Waals surface area contributed by atoms with Crippen LogP contribution in [0.2, 0.25) is 0 Å². The number of anilines is 2. The third-order valence-electron chi connectivity index (χ3n) is 8.43. The fourth-order valence-electron chi connectivity index (χ4n) is 5.71. The average molecular weight is 637 g/mol. The van der Waals surface area contributed by atoms with Gasteiger partial charge in [-0.05, 0) is 76.6 Å². The van der Waals surface area contributed by atoms with Crippen molar-refractivity contribution < 1.29 is 38.6 Å². The lowest BCUT2D eigenvalue weighted by Crippen LogP contribution is -2.40. The first-order valence-electron chi connectivity index (χ1n) is 14.9. The highest BCUT2D eigenvalue weighted by Gasteiger charge is 2.49. The molecule has 0 radical (unpaired) electrons. The zero-order valence-electron chi connectivity index (χ0n) is 25.7. The number of Topliss-reactive ketones (excluding diaryl/α,β-unsaturated/α-hetero) is 4. The maximum Gasteiger partial charge on any atom is 0.269 e. The van der Waals surface area contributed by atoms with Crippen LogP contribution in [0.3, 0.4) is 0 Å². The molecule has 2 N–H and O–H groups in total. The van der Waals surface area contributed by atoms with Crippen LogP contribution in [0.5, 0.6) is 0 Å². The number of hydrogen-bond acceptors (Lipinski definition) is 10. The molecular formula is C32H36N4O10. The molecule has 46 heavy (non-hydrogen) atoms. The van der Waals surface area contributed by atoms with E-state index in [0.717, 1.165) is 0 Å². The third-order valence-corrected chi connectivity index (χ3v) is 8.43. The Hall–Kier alpha value is -5.14. The predicted octanol–water partition coefficient (Wildman–Crippen LogP) is 5.28. The molecule has 2 aliphatic carbocycles. The van der Waals surface area contributed by atoms with Crippen molar-refractivity contribution in [1.29, 1.82) is 0 Å². The molecular weight excluding hydrogens is 600 g/mol. The number of non-ortho nitro benzene ring substituents is 2. The minimum Gasteiger partial charge on any atom is -0.325 e. The molecule has 4 rings (SSSR count). The quantitative estimate of drug-likeness (QED) is 0.175. The molecule has 14 heteroatoms. The Morgan fingerprint density at radius 1 is 0.652 bits per heavy atom. The number of carbonyl (C=O) groups is 6. The van der Waals surface area contributed by atoms with Crippen molar-refractivity contribution in [2.45, 2.75) is 78.1 Å². The number of carbonyl (C=O) groups excluding carboxylic acids is 6. The van der Waals surface area contributed by atoms with Crippen LogP contribution < -0.4 is 10.6 Å². The van der Waals surface area contributed by atoms with Crippen LogP contribution in [0.1, 0.15) is 78.1 Å². The summed E-state index contributed by atoms with van der Waals surface area (Å²) < 4.78 is 0. The van der Waals surface area contributed by atoms with Crippen molar-refractivity contribution >= 4 is 57.7 Å². The summed E-state index contributed by atoms with van der Waals surface area (Å²) in [6.07, 6.45) is 3.57. The van der Waals surface area contributed by atoms with Crippen molar-refractivity contribution in [1.82, 2.24) is 0 Å². The van der Waals surface area contributed by atoms with E-state index in [1.165, 1.54) is 62.4 Å². The topological polar surface area (TPSA) is 213 Å². The SMILES string of the molecule is CC(=O)CC[C@]1(C(=O)Nc2ccc([N+](=O)[O-])cc2)CCCC1=O.CC(=O)CC[C@]1(C(=O)Nc2ccc([N+](=O)[O-])cc2)CCCC1=O. The second-order valence-electron chi connectivity index (χ2n) is 11.6. The van der Waals surface area contributed by atoms with Crippen molar-refractivity contribution in [2.24, 2.45) is 10.8 Å². The lowest BCUT2D eigenvalue weighted by molar-refractivity contribution is -0.385. The number of rotatable bonds is 12. The van der Waals surface area contributed by atoms with E-state index in [2.05, 4.69) is 10.6 Å². The molecule has 0 aliphatic heterocycles. The van der Waals surface area contributed by atoms with E-state index in [0.29, 0.717) is 49.9 Å². The molecule has 14 nitrogen and oxygen atoms in total. The van der Waals surface area contributed by atoms with Crippen LogP contribution in [0.15, 0.2) is 48.5 Å². The van der Waals surface area contributed by atoms with Gasteiger partial charge < -0.3 is 20.2 Å². The van der Waals surface area contributed by atoms with E-state index in [1.807, 2.05) is 0 Å². The first-order chi connectivity index (χ1) is 21.7. The number of benzene rings is 2. The summed E-state index contributed by atoms with van der Waals surface area (Å²) in [5, 5.41) is 26.6. The second kappa shape index (κ2) is 15.2. The van der Waals surface area contributed by atoms with E-state index in [-0.39, 0.29) is 60.2 Å². The summed E-state index contributed by atoms with van der Waals surface area (Å²) in [4.78, 5) is 92.3. The standard InChI is InChI=1S/2C16H18N2O5/c2*1-11(19)8-10-16(9-2-3-14(16)20)15(21)17-12-4-6-13(7-5-12)18(22)23/h2*4-7H,2-3,8-10H2,1H3,(H,17,21)/t2*16-/m11/s1. The summed E-state index contributed by atoms with van der Waals surface area (Å²) in [7, 11) is 0. The molecule has 2 aromatic carbocycles. The van der Waals surface area contributed by atoms with Gasteiger partial charge in [0.2, 0.25) is 11.8 Å². The molecule has 0 saturated heterocycles. The minimum atomic E-state index is -1.16. The Balaban J connectivity index is 0.000000250. The number of nitro benzene ring substituents is 2. The van der Waals surface area contributed by atoms with Gasteiger partial charge in [-0.25, -0.2) is 0 Å². The molecule has 244 valence electrons. The highest BCUT2D eigenvalue weighted by molar-refractivity contribution is 6.13. The van der Waals surface area contributed by atoms with Gasteiger partial charge in [-0.3, -0.25) is 39.4 Å². The van der Waals surface area contributed by atoms with Crippen molar-refractivity contribution in [3.05, 3.63) is 68.8 Å². The Morgan fingerprint density at radius 2 is 0.978 bits per heavy atom. The van der Waals surface area contributed by atoms with Crippen molar-refractivity contribution in [3.63, 3.8) is 0 Å². The van der Waals surface area contributed by atoms with E-state index in [9.17, 15) is 49.0 Å². The van der Waals surface area contributed by atoms with Crippen molar-refractivity contribution in [2.75, 3.05) is 10.6 Å². The predicted molar refractivity (Wildman–Crippen MR) is 166 cm³/mol. The van der Waals surface area contributed by atoms with Crippen LogP contribution in [0.25, 0.3) is 0 Å². The molecule has 0 heterocycles. The van der Waals surface area contributed by atoms with Gasteiger partial charge >= 0.3 is 0 Å². The van der Waals surface area contributed by atoms with E-state index in [4.69, 9.17) is 0 Å². The van der Waals surface area contributed by atoms with Crippen LogP contribution in [0.4, 0.5) is 22.7 Å². The number of nitrogens with one attached hydrogen (secondary N) is 2. The summed E-state index contributed by atoms with van der Waals surface area (Å²) in [6.45, 7) is 2.86. The van der Waals surface area contributed by atoms with Gasteiger partial charge in [0, 0.05) is 61.3 Å². The largest absolute Gasteiger partial charge is 0.325 e. The highest BCUT2D eigenvalue weighted by atomic mass is 16.6. The molecule has 2 fully saturated rings. The lowest BCUT2D eigenvalue weighted by atomic mass is 9.79. The molecule has 2 saturated carbocycles. The average Bonchev–Trinajstić information content (AvgIpc) is 3.58. The van der Waals surface area contributed by atoms with Crippen LogP contribution >= 0.6 is 0 Å². The lowest BCUT2D eigenvalue weighted by Gasteiger charge is -2.25. The number of amides is 2. The zero-order chi connectivity index (χ0) is 34.1. The monoisotopic (exact) mass is 636 g/mol. The van der Waals surface area contributed by atoms with Crippen LogP contribution in [-0.4, -0.2) is 44.8 Å². The molecule has 2 aliphatic rings. The Bertz CT molecular complexity index is 1420. The fraction of sp³-hybridized carbons (Fsp3) is 0.438. The number of nitrogens with zero attached hydrogens (tertiary/aromatic N) is 2. The van der Waals surface area contributed by atoms with Gasteiger partial charge in [-0.1, -0.05) is 0 Å². The Labute approximate surface area is 264 Å². The van der Waals surface area contributed by atoms with Crippen molar-refractivity contribution in [3.8, 4) is 0 Å². The van der Waals surface area contributed by atoms with E-state index < -0.39 is 32.5 Å². The molecule has 0 aromatic heterocycles. The highest BCUT2D eigenvalue weighted by Crippen LogP contribution is 2.41. The van der Waals surface area contributed by atoms with Gasteiger partial charge in [0.15, 0.2) is 0 Å². The fourth-order valence-corrected chi connectivity index (χ4v) is 5.71. The summed E-state index contributed by atoms with van der Waals surface area (Å²) in [6, 6.07) is 10.8. The zero-order valence-corrected chi connectivity index (χ0v) is 25.7. The molecule has 2 aromatic rings. The normalized spacial score (nSPS) is 20.3. The molecule has 0 bridgehead atoms. The first-order valence-corrected chi connectivity index (χ1v) is 14.9. The van der Waals surface area contributed by atoms with Gasteiger partial charge in [0.05, 0.1) is 9.85 Å². The van der Waals surface area contributed by atoms with Gasteiger partial charge in [-0.15, -0.1) is 0 Å². The van der Waals surface area contributed by atoms with Gasteiger partial charge in [0.25, 0.3) is 11.4 Å². The first kappa shape index (κ1) is 35.3. The van der Waals surface area contributed by atoms with Gasteiger partial charge in [0.1, 0.15) is 34.0 Å². The molecule has 0 unspecified atom stereocenters. The molecule has 2 atom stereocenters. The number of hydrogen-bond donors (Lipinski definition) is 2. The van der Waals surface area contributed by atoms with Gasteiger partial charge in [-0.2, -0.15) is 0 Å². The summed E-state index contributed by atoms with van der Waals surface area (Å²) >= 11 is 0.